The Bertz CT molecular complexity index is 1250. The van der Waals surface area contributed by atoms with Crippen molar-refractivity contribution in [2.75, 3.05) is 13.1 Å². The fraction of sp³-hybridized carbons (Fsp3) is 0.400. The summed E-state index contributed by atoms with van der Waals surface area (Å²) in [6.45, 7) is 6.10. The quantitative estimate of drug-likeness (QED) is 0.573. The van der Waals surface area contributed by atoms with E-state index < -0.39 is 0 Å². The van der Waals surface area contributed by atoms with Gasteiger partial charge in [0.2, 0.25) is 0 Å². The zero-order chi connectivity index (χ0) is 22.5. The molecule has 0 radical (unpaired) electrons. The van der Waals surface area contributed by atoms with Gasteiger partial charge in [-0.1, -0.05) is 23.7 Å². The molecule has 5 heterocycles. The van der Waals surface area contributed by atoms with E-state index in [2.05, 4.69) is 67.1 Å². The number of hydrogen-bond acceptors (Lipinski definition) is 5. The summed E-state index contributed by atoms with van der Waals surface area (Å²) < 4.78 is 4.08. The summed E-state index contributed by atoms with van der Waals surface area (Å²) in [7, 11) is 1.96. The molecule has 0 N–H and O–H groups in total. The molecule has 2 unspecified atom stereocenters. The van der Waals surface area contributed by atoms with Crippen LogP contribution in [0.15, 0.2) is 42.6 Å². The van der Waals surface area contributed by atoms with Crippen LogP contribution < -0.4 is 0 Å². The summed E-state index contributed by atoms with van der Waals surface area (Å²) in [6, 6.07) is 8.91. The van der Waals surface area contributed by atoms with Gasteiger partial charge in [0.05, 0.1) is 17.8 Å². The maximum atomic E-state index is 6.59. The van der Waals surface area contributed by atoms with E-state index in [0.717, 1.165) is 41.2 Å². The molecular formula is C25H28ClN7. The van der Waals surface area contributed by atoms with Gasteiger partial charge in [-0.15, -0.1) is 10.2 Å². The molecule has 2 atom stereocenters. The van der Waals surface area contributed by atoms with Crippen molar-refractivity contribution in [1.29, 1.82) is 0 Å². The zero-order valence-electron chi connectivity index (χ0n) is 19.0. The summed E-state index contributed by atoms with van der Waals surface area (Å²) in [5.41, 5.74) is 4.62. The van der Waals surface area contributed by atoms with E-state index in [0.29, 0.717) is 0 Å². The topological polar surface area (TPSA) is 55.0 Å². The maximum absolute atomic E-state index is 6.59. The van der Waals surface area contributed by atoms with Crippen LogP contribution >= 0.6 is 11.6 Å². The van der Waals surface area contributed by atoms with Crippen LogP contribution in [0.25, 0.3) is 11.8 Å². The van der Waals surface area contributed by atoms with Crippen LogP contribution in [0, 0.1) is 6.92 Å². The average Bonchev–Trinajstić information content (AvgIpc) is 3.56. The predicted octanol–water partition coefficient (Wildman–Crippen LogP) is 4.06. The highest BCUT2D eigenvalue weighted by molar-refractivity contribution is 6.30. The van der Waals surface area contributed by atoms with Gasteiger partial charge in [0, 0.05) is 31.4 Å². The fourth-order valence-electron chi connectivity index (χ4n) is 5.47. The Labute approximate surface area is 199 Å². The standard InChI is InChI=1S/C25H28ClN7/c1-17-27-28-25-6-5-22-24(33(17)25)14-23(21-7-10-30(2)29-21)32(22)16-19-11-18(12-20(26)13-19)15-31-8-3-4-9-31/h5-7,10-14,22,24H,3-4,8-9,15-16H2,1-2H3. The number of aryl methyl sites for hydroxylation is 2. The normalized spacial score (nSPS) is 22.0. The molecule has 6 rings (SSSR count). The van der Waals surface area contributed by atoms with Gasteiger partial charge in [0.1, 0.15) is 11.5 Å². The van der Waals surface area contributed by atoms with Crippen molar-refractivity contribution >= 4 is 23.4 Å². The summed E-state index contributed by atoms with van der Waals surface area (Å²) >= 11 is 6.59. The third-order valence-corrected chi connectivity index (χ3v) is 7.15. The van der Waals surface area contributed by atoms with Crippen LogP contribution in [0.2, 0.25) is 5.02 Å². The van der Waals surface area contributed by atoms with Crippen LogP contribution in [0.3, 0.4) is 0 Å². The highest BCUT2D eigenvalue weighted by Gasteiger charge is 2.39. The fourth-order valence-corrected chi connectivity index (χ4v) is 5.75. The lowest BCUT2D eigenvalue weighted by Gasteiger charge is -2.33. The van der Waals surface area contributed by atoms with E-state index in [-0.39, 0.29) is 12.1 Å². The van der Waals surface area contributed by atoms with Gasteiger partial charge < -0.3 is 9.47 Å². The predicted molar refractivity (Wildman–Crippen MR) is 129 cm³/mol. The molecule has 0 saturated carbocycles. The SMILES string of the molecule is Cc1nnc2n1C1C=C(c3ccn(C)n3)N(Cc3cc(Cl)cc(CN4CCCC4)c3)C1C=C2. The second-order valence-corrected chi connectivity index (χ2v) is 9.76. The third kappa shape index (κ3) is 3.79. The molecule has 1 saturated heterocycles. The van der Waals surface area contributed by atoms with Gasteiger partial charge in [-0.2, -0.15) is 5.10 Å². The largest absolute Gasteiger partial charge is 0.357 e. The van der Waals surface area contributed by atoms with E-state index in [1.807, 2.05) is 24.9 Å². The number of nitrogens with zero attached hydrogens (tertiary/aromatic N) is 7. The molecule has 3 aliphatic rings. The van der Waals surface area contributed by atoms with Gasteiger partial charge >= 0.3 is 0 Å². The average molecular weight is 462 g/mol. The number of halogens is 1. The Morgan fingerprint density at radius 2 is 1.82 bits per heavy atom. The lowest BCUT2D eigenvalue weighted by Crippen LogP contribution is -2.35. The number of hydrogen-bond donors (Lipinski definition) is 0. The van der Waals surface area contributed by atoms with Gasteiger partial charge in [0.25, 0.3) is 0 Å². The molecule has 0 spiro atoms. The Balaban J connectivity index is 1.35. The second-order valence-electron chi connectivity index (χ2n) is 9.32. The molecule has 0 amide bonds. The van der Waals surface area contributed by atoms with E-state index in [4.69, 9.17) is 16.7 Å². The number of rotatable bonds is 5. The maximum Gasteiger partial charge on any atom is 0.157 e. The minimum atomic E-state index is 0.139. The van der Waals surface area contributed by atoms with E-state index in [9.17, 15) is 0 Å². The highest BCUT2D eigenvalue weighted by Crippen LogP contribution is 2.41. The molecule has 2 aromatic heterocycles. The Hall–Kier alpha value is -2.90. The van der Waals surface area contributed by atoms with Gasteiger partial charge in [-0.05, 0) is 74.3 Å². The first-order chi connectivity index (χ1) is 16.0. The Morgan fingerprint density at radius 1 is 1.03 bits per heavy atom. The van der Waals surface area contributed by atoms with Gasteiger partial charge in [0.15, 0.2) is 5.82 Å². The molecule has 33 heavy (non-hydrogen) atoms. The van der Waals surface area contributed by atoms with E-state index >= 15 is 0 Å². The molecule has 0 bridgehead atoms. The van der Waals surface area contributed by atoms with Gasteiger partial charge in [-0.3, -0.25) is 9.58 Å². The lowest BCUT2D eigenvalue weighted by atomic mass is 10.0. The summed E-state index contributed by atoms with van der Waals surface area (Å²) in [4.78, 5) is 4.96. The number of fused-ring (bicyclic) bond motifs is 3. The van der Waals surface area contributed by atoms with Crippen molar-refractivity contribution in [3.63, 3.8) is 0 Å². The number of benzene rings is 1. The van der Waals surface area contributed by atoms with Crippen molar-refractivity contribution in [1.82, 2.24) is 34.3 Å². The first-order valence-corrected chi connectivity index (χ1v) is 12.0. The van der Waals surface area contributed by atoms with Crippen LogP contribution in [-0.2, 0) is 20.1 Å². The van der Waals surface area contributed by atoms with Gasteiger partial charge in [-0.25, -0.2) is 0 Å². The van der Waals surface area contributed by atoms with Crippen molar-refractivity contribution < 1.29 is 0 Å². The number of likely N-dealkylation sites (tertiary alicyclic amines) is 1. The summed E-state index contributed by atoms with van der Waals surface area (Å²) in [5.74, 6) is 1.83. The molecule has 3 aliphatic heterocycles. The molecule has 8 heteroatoms. The van der Waals surface area contributed by atoms with Crippen LogP contribution in [-0.4, -0.2) is 53.5 Å². The van der Waals surface area contributed by atoms with Crippen LogP contribution in [0.1, 0.15) is 47.4 Å². The lowest BCUT2D eigenvalue weighted by molar-refractivity contribution is 0.298. The molecule has 0 aliphatic carbocycles. The molecule has 170 valence electrons. The Kier molecular flexibility index (Phi) is 5.11. The van der Waals surface area contributed by atoms with Crippen molar-refractivity contribution in [2.24, 2.45) is 7.05 Å². The number of aromatic nitrogens is 5. The molecule has 7 nitrogen and oxygen atoms in total. The van der Waals surface area contributed by atoms with Crippen LogP contribution in [0.5, 0.6) is 0 Å². The van der Waals surface area contributed by atoms with Crippen molar-refractivity contribution in [2.45, 2.75) is 44.9 Å². The van der Waals surface area contributed by atoms with Crippen LogP contribution in [0.4, 0.5) is 0 Å². The summed E-state index contributed by atoms with van der Waals surface area (Å²) in [6.07, 6.45) is 11.2. The third-order valence-electron chi connectivity index (χ3n) is 6.93. The summed E-state index contributed by atoms with van der Waals surface area (Å²) in [5, 5.41) is 14.2. The first kappa shape index (κ1) is 20.7. The van der Waals surface area contributed by atoms with Crippen molar-refractivity contribution in [3.05, 3.63) is 76.1 Å². The highest BCUT2D eigenvalue weighted by atomic mass is 35.5. The van der Waals surface area contributed by atoms with E-state index in [1.165, 1.54) is 37.1 Å². The van der Waals surface area contributed by atoms with E-state index in [1.54, 1.807) is 0 Å². The zero-order valence-corrected chi connectivity index (χ0v) is 19.8. The smallest absolute Gasteiger partial charge is 0.157 e. The second kappa shape index (κ2) is 8.15. The Morgan fingerprint density at radius 3 is 2.58 bits per heavy atom. The molecule has 3 aromatic rings. The minimum absolute atomic E-state index is 0.139. The molecule has 1 aromatic carbocycles. The molecular weight excluding hydrogens is 434 g/mol. The first-order valence-electron chi connectivity index (χ1n) is 11.6. The monoisotopic (exact) mass is 461 g/mol. The minimum Gasteiger partial charge on any atom is -0.357 e. The molecule has 1 fully saturated rings. The van der Waals surface area contributed by atoms with Crippen molar-refractivity contribution in [3.8, 4) is 0 Å².